The molecule has 0 aromatic rings. The first-order valence-corrected chi connectivity index (χ1v) is 18.7. The maximum atomic E-state index is 13.2. The first-order chi connectivity index (χ1) is 23.7. The second-order valence-electron chi connectivity index (χ2n) is 16.8. The van der Waals surface area contributed by atoms with Gasteiger partial charge < -0.3 is 59.1 Å². The molecule has 6 N–H and O–H groups in total. The Morgan fingerprint density at radius 1 is 0.940 bits per heavy atom. The minimum atomic E-state index is -1.46. The van der Waals surface area contributed by atoms with E-state index in [1.807, 2.05) is 6.92 Å². The van der Waals surface area contributed by atoms with E-state index in [1.54, 1.807) is 13.2 Å². The van der Waals surface area contributed by atoms with E-state index in [9.17, 15) is 40.2 Å². The molecule has 8 unspecified atom stereocenters. The highest BCUT2D eigenvalue weighted by molar-refractivity contribution is 5.85. The normalized spacial score (nSPS) is 53.5. The Kier molecular flexibility index (Phi) is 9.87. The van der Waals surface area contributed by atoms with Gasteiger partial charge in [0.2, 0.25) is 0 Å². The lowest BCUT2D eigenvalue weighted by atomic mass is 9.41. The summed E-state index contributed by atoms with van der Waals surface area (Å²) in [6, 6.07) is 0. The molecule has 6 fully saturated rings. The summed E-state index contributed by atoms with van der Waals surface area (Å²) in [5.41, 5.74) is -2.80. The second-order valence-corrected chi connectivity index (χ2v) is 16.8. The minimum absolute atomic E-state index is 0.0421. The molecule has 50 heavy (non-hydrogen) atoms. The Labute approximate surface area is 293 Å². The van der Waals surface area contributed by atoms with Crippen LogP contribution in [0.3, 0.4) is 0 Å². The van der Waals surface area contributed by atoms with Crippen molar-refractivity contribution in [3.63, 3.8) is 0 Å². The third-order valence-corrected chi connectivity index (χ3v) is 14.8. The SMILES string of the molecule is CO[C@@H]1C[C@H](OC2CCC3(C=O)C4CCC5(C)C(C6=CC(=O)OC6)CC[C@@]5(O)C4CCC3(O)C2)O[C@H](C)C1O[C@H]1C[C@@H](CO)[C@H](O)[C@@H](O)[C@@H]1O. The van der Waals surface area contributed by atoms with E-state index in [0.717, 1.165) is 18.3 Å². The summed E-state index contributed by atoms with van der Waals surface area (Å²) >= 11 is 0. The molecule has 5 saturated carbocycles. The molecular formula is C37H56O13. The van der Waals surface area contributed by atoms with Crippen molar-refractivity contribution in [2.24, 2.45) is 34.5 Å². The van der Waals surface area contributed by atoms with Crippen LogP contribution in [0.2, 0.25) is 0 Å². The molecule has 0 radical (unpaired) electrons. The number of aldehydes is 1. The Balaban J connectivity index is 1.01. The van der Waals surface area contributed by atoms with Gasteiger partial charge in [-0.2, -0.15) is 0 Å². The fourth-order valence-corrected chi connectivity index (χ4v) is 12.0. The highest BCUT2D eigenvalue weighted by Gasteiger charge is 2.71. The van der Waals surface area contributed by atoms with Crippen molar-refractivity contribution in [3.8, 4) is 0 Å². The summed E-state index contributed by atoms with van der Waals surface area (Å²) in [5, 5.41) is 65.8. The largest absolute Gasteiger partial charge is 0.458 e. The molecule has 2 heterocycles. The summed E-state index contributed by atoms with van der Waals surface area (Å²) in [4.78, 5) is 25.1. The number of esters is 1. The van der Waals surface area contributed by atoms with Crippen LogP contribution in [0.4, 0.5) is 0 Å². The van der Waals surface area contributed by atoms with Gasteiger partial charge in [-0.3, -0.25) is 0 Å². The molecule has 7 aliphatic rings. The molecule has 0 aromatic carbocycles. The molecule has 17 atom stereocenters. The third-order valence-electron chi connectivity index (χ3n) is 14.8. The van der Waals surface area contributed by atoms with E-state index in [-0.39, 0.29) is 55.9 Å². The van der Waals surface area contributed by atoms with E-state index >= 15 is 0 Å². The Morgan fingerprint density at radius 3 is 2.38 bits per heavy atom. The number of ether oxygens (including phenoxy) is 5. The van der Waals surface area contributed by atoms with Crippen LogP contribution in [0.25, 0.3) is 0 Å². The van der Waals surface area contributed by atoms with Crippen LogP contribution in [0.5, 0.6) is 0 Å². The van der Waals surface area contributed by atoms with Crippen LogP contribution in [-0.2, 0) is 33.3 Å². The van der Waals surface area contributed by atoms with Gasteiger partial charge in [-0.1, -0.05) is 6.92 Å². The zero-order valence-corrected chi connectivity index (χ0v) is 29.4. The van der Waals surface area contributed by atoms with E-state index in [0.29, 0.717) is 51.4 Å². The van der Waals surface area contributed by atoms with Gasteiger partial charge in [0.1, 0.15) is 31.2 Å². The van der Waals surface area contributed by atoms with Gasteiger partial charge in [0, 0.05) is 44.0 Å². The molecule has 1 saturated heterocycles. The van der Waals surface area contributed by atoms with E-state index < -0.39 is 77.0 Å². The molecule has 5 aliphatic carbocycles. The van der Waals surface area contributed by atoms with Crippen LogP contribution in [0, 0.1) is 34.5 Å². The third kappa shape index (κ3) is 5.56. The molecule has 0 aromatic heterocycles. The number of hydrogen-bond donors (Lipinski definition) is 6. The van der Waals surface area contributed by atoms with Gasteiger partial charge in [-0.05, 0) is 88.0 Å². The predicted octanol–water partition coefficient (Wildman–Crippen LogP) is 0.921. The predicted molar refractivity (Wildman–Crippen MR) is 174 cm³/mol. The second kappa shape index (κ2) is 13.4. The molecule has 0 bridgehead atoms. The number of cyclic esters (lactones) is 1. The zero-order valence-electron chi connectivity index (χ0n) is 29.4. The zero-order chi connectivity index (χ0) is 35.8. The van der Waals surface area contributed by atoms with Crippen molar-refractivity contribution in [2.75, 3.05) is 20.3 Å². The number of aliphatic hydroxyl groups excluding tert-OH is 4. The lowest BCUT2D eigenvalue weighted by Gasteiger charge is -2.65. The van der Waals surface area contributed by atoms with Crippen LogP contribution < -0.4 is 0 Å². The van der Waals surface area contributed by atoms with Crippen molar-refractivity contribution in [3.05, 3.63) is 11.6 Å². The first kappa shape index (κ1) is 36.8. The summed E-state index contributed by atoms with van der Waals surface area (Å²) in [5.74, 6) is -1.25. The van der Waals surface area contributed by atoms with Gasteiger partial charge in [-0.15, -0.1) is 0 Å². The lowest BCUT2D eigenvalue weighted by molar-refractivity contribution is -0.302. The number of methoxy groups -OCH3 is 1. The maximum absolute atomic E-state index is 13.2. The molecule has 0 spiro atoms. The Morgan fingerprint density at radius 2 is 1.70 bits per heavy atom. The number of carbonyl (C=O) groups is 2. The average Bonchev–Trinajstić information content (AvgIpc) is 3.64. The quantitative estimate of drug-likeness (QED) is 0.118. The topological polar surface area (TPSA) is 202 Å². The smallest absolute Gasteiger partial charge is 0.331 e. The summed E-state index contributed by atoms with van der Waals surface area (Å²) in [6.45, 7) is 3.86. The van der Waals surface area contributed by atoms with Crippen molar-refractivity contribution in [2.45, 2.75) is 151 Å². The van der Waals surface area contributed by atoms with Crippen LogP contribution in [0.15, 0.2) is 11.6 Å². The number of aliphatic hydroxyl groups is 6. The number of rotatable bonds is 8. The van der Waals surface area contributed by atoms with Gasteiger partial charge in [0.15, 0.2) is 6.29 Å². The highest BCUT2D eigenvalue weighted by Crippen LogP contribution is 2.70. The molecular weight excluding hydrogens is 652 g/mol. The summed E-state index contributed by atoms with van der Waals surface area (Å²) in [6.07, 6.45) is 0.385. The molecule has 13 nitrogen and oxygen atoms in total. The average molecular weight is 709 g/mol. The number of hydrogen-bond acceptors (Lipinski definition) is 13. The van der Waals surface area contributed by atoms with Gasteiger partial charge in [0.05, 0.1) is 47.1 Å². The van der Waals surface area contributed by atoms with Crippen LogP contribution in [-0.4, -0.2) is 130 Å². The van der Waals surface area contributed by atoms with E-state index in [1.165, 1.54) is 0 Å². The van der Waals surface area contributed by atoms with Gasteiger partial charge >= 0.3 is 5.97 Å². The van der Waals surface area contributed by atoms with Crippen molar-refractivity contribution < 1.29 is 63.9 Å². The fraction of sp³-hybridized carbons (Fsp3) is 0.892. The fourth-order valence-electron chi connectivity index (χ4n) is 12.0. The molecule has 13 heteroatoms. The minimum Gasteiger partial charge on any atom is -0.458 e. The highest BCUT2D eigenvalue weighted by atomic mass is 16.7. The molecule has 2 aliphatic heterocycles. The van der Waals surface area contributed by atoms with E-state index in [2.05, 4.69) is 6.92 Å². The molecule has 0 amide bonds. The van der Waals surface area contributed by atoms with Crippen LogP contribution in [0.1, 0.15) is 84.5 Å². The van der Waals surface area contributed by atoms with Crippen molar-refractivity contribution in [1.29, 1.82) is 0 Å². The number of carbonyl (C=O) groups excluding carboxylic acids is 2. The number of fused-ring (bicyclic) bond motifs is 5. The van der Waals surface area contributed by atoms with Crippen LogP contribution >= 0.6 is 0 Å². The van der Waals surface area contributed by atoms with E-state index in [4.69, 9.17) is 23.7 Å². The first-order valence-electron chi connectivity index (χ1n) is 18.7. The Bertz CT molecular complexity index is 1320. The van der Waals surface area contributed by atoms with Crippen molar-refractivity contribution in [1.82, 2.24) is 0 Å². The summed E-state index contributed by atoms with van der Waals surface area (Å²) < 4.78 is 30.0. The monoisotopic (exact) mass is 708 g/mol. The maximum Gasteiger partial charge on any atom is 0.331 e. The molecule has 282 valence electrons. The van der Waals surface area contributed by atoms with Gasteiger partial charge in [0.25, 0.3) is 0 Å². The van der Waals surface area contributed by atoms with Gasteiger partial charge in [-0.25, -0.2) is 4.79 Å². The van der Waals surface area contributed by atoms with Crippen molar-refractivity contribution >= 4 is 12.3 Å². The molecule has 7 rings (SSSR count). The summed E-state index contributed by atoms with van der Waals surface area (Å²) in [7, 11) is 1.55. The standard InChI is InChI=1S/C37H56O13/c1-19-33(50-26-12-20(16-38)30(41)32(43)31(26)42)27(46-3)14-29(48-19)49-22-4-9-35(18-39)24-5-8-34(2)23(21-13-28(40)47-17-21)7-11-37(34,45)25(24)6-10-36(35,44)15-22/h13,18-20,22-27,29-33,38,41-45H,4-12,14-17H2,1-3H3/t19-,20+,22?,23?,24?,25?,26+,27-,29+,30+,31-,32-,33?,34?,35?,36?,37-/m1/s1. The lowest BCUT2D eigenvalue weighted by Crippen LogP contribution is -2.69. The Hall–Kier alpha value is -1.52.